The Morgan fingerprint density at radius 2 is 1.55 bits per heavy atom. The normalized spacial score (nSPS) is 12.8. The Labute approximate surface area is 190 Å². The highest BCUT2D eigenvalue weighted by molar-refractivity contribution is 6.20. The highest BCUT2D eigenvalue weighted by atomic mass is 16.7. The minimum absolute atomic E-state index is 0.0454. The standard InChI is InChI=1S/C26H20N2O5/c1-17-23(27-24(33-17)19-9-3-2-4-10-19)16-31-20-11-7-8-18(14-20)15-32-28-25(29)21-12-5-6-13-22(21)26(28)30/h2-14H,15-16H2,1H3. The zero-order valence-electron chi connectivity index (χ0n) is 17.9. The van der Waals surface area contributed by atoms with E-state index in [-0.39, 0.29) is 13.2 Å². The molecule has 2 amide bonds. The first-order valence-corrected chi connectivity index (χ1v) is 10.4. The molecule has 1 aliphatic rings. The van der Waals surface area contributed by atoms with Gasteiger partial charge in [-0.25, -0.2) is 4.98 Å². The number of carbonyl (C=O) groups excluding carboxylic acids is 2. The minimum Gasteiger partial charge on any atom is -0.487 e. The summed E-state index contributed by atoms with van der Waals surface area (Å²) in [6.45, 7) is 2.14. The van der Waals surface area contributed by atoms with E-state index >= 15 is 0 Å². The second-order valence-electron chi connectivity index (χ2n) is 7.55. The number of hydrogen-bond donors (Lipinski definition) is 0. The maximum Gasteiger partial charge on any atom is 0.285 e. The molecule has 3 aromatic carbocycles. The molecular weight excluding hydrogens is 420 g/mol. The van der Waals surface area contributed by atoms with E-state index in [4.69, 9.17) is 14.0 Å². The molecule has 0 N–H and O–H groups in total. The molecule has 1 aliphatic heterocycles. The van der Waals surface area contributed by atoms with E-state index in [1.165, 1.54) is 0 Å². The summed E-state index contributed by atoms with van der Waals surface area (Å²) >= 11 is 0. The molecule has 0 saturated heterocycles. The number of oxazole rings is 1. The summed E-state index contributed by atoms with van der Waals surface area (Å²) in [4.78, 5) is 34.9. The second kappa shape index (κ2) is 8.72. The van der Waals surface area contributed by atoms with Gasteiger partial charge in [-0.2, -0.15) is 0 Å². The fourth-order valence-electron chi connectivity index (χ4n) is 3.57. The van der Waals surface area contributed by atoms with Crippen LogP contribution in [0.4, 0.5) is 0 Å². The topological polar surface area (TPSA) is 81.9 Å². The first-order valence-electron chi connectivity index (χ1n) is 10.4. The second-order valence-corrected chi connectivity index (χ2v) is 7.55. The predicted molar refractivity (Wildman–Crippen MR) is 119 cm³/mol. The van der Waals surface area contributed by atoms with E-state index in [0.717, 1.165) is 16.2 Å². The summed E-state index contributed by atoms with van der Waals surface area (Å²) in [6.07, 6.45) is 0. The number of ether oxygens (including phenoxy) is 1. The number of amides is 2. The van der Waals surface area contributed by atoms with Crippen LogP contribution in [0.5, 0.6) is 5.75 Å². The van der Waals surface area contributed by atoms with Crippen molar-refractivity contribution in [3.63, 3.8) is 0 Å². The van der Waals surface area contributed by atoms with Crippen LogP contribution in [-0.2, 0) is 18.1 Å². The summed E-state index contributed by atoms with van der Waals surface area (Å²) in [5, 5.41) is 0.808. The van der Waals surface area contributed by atoms with E-state index in [2.05, 4.69) is 4.98 Å². The molecule has 0 spiro atoms. The molecule has 0 radical (unpaired) electrons. The smallest absolute Gasteiger partial charge is 0.285 e. The summed E-state index contributed by atoms with van der Waals surface area (Å²) in [5.41, 5.74) is 3.06. The van der Waals surface area contributed by atoms with Crippen LogP contribution in [0.2, 0.25) is 0 Å². The summed E-state index contributed by atoms with van der Waals surface area (Å²) in [6, 6.07) is 23.6. The van der Waals surface area contributed by atoms with Gasteiger partial charge in [-0.3, -0.25) is 14.4 Å². The summed E-state index contributed by atoms with van der Waals surface area (Å²) in [5.74, 6) is 0.938. The van der Waals surface area contributed by atoms with Gasteiger partial charge in [0.15, 0.2) is 0 Å². The number of imide groups is 1. The zero-order chi connectivity index (χ0) is 22.8. The van der Waals surface area contributed by atoms with Gasteiger partial charge in [-0.15, -0.1) is 5.06 Å². The molecule has 164 valence electrons. The fraction of sp³-hybridized carbons (Fsp3) is 0.115. The highest BCUT2D eigenvalue weighted by Crippen LogP contribution is 2.25. The Hall–Kier alpha value is -4.23. The molecule has 7 heteroatoms. The van der Waals surface area contributed by atoms with Crippen molar-refractivity contribution < 1.29 is 23.6 Å². The van der Waals surface area contributed by atoms with Gasteiger partial charge >= 0.3 is 0 Å². The van der Waals surface area contributed by atoms with Gasteiger partial charge in [0.1, 0.15) is 30.4 Å². The zero-order valence-corrected chi connectivity index (χ0v) is 17.9. The van der Waals surface area contributed by atoms with E-state index in [1.807, 2.05) is 55.5 Å². The van der Waals surface area contributed by atoms with Crippen LogP contribution in [0.1, 0.15) is 37.7 Å². The van der Waals surface area contributed by atoms with Gasteiger partial charge in [-0.05, 0) is 48.9 Å². The first kappa shape index (κ1) is 20.7. The van der Waals surface area contributed by atoms with Crippen molar-refractivity contribution in [2.75, 3.05) is 0 Å². The number of aromatic nitrogens is 1. The molecule has 0 unspecified atom stereocenters. The Morgan fingerprint density at radius 3 is 2.27 bits per heavy atom. The SMILES string of the molecule is Cc1oc(-c2ccccc2)nc1COc1cccc(CON2C(=O)c3ccccc3C2=O)c1. The average molecular weight is 440 g/mol. The van der Waals surface area contributed by atoms with Crippen LogP contribution < -0.4 is 4.74 Å². The number of fused-ring (bicyclic) bond motifs is 1. The van der Waals surface area contributed by atoms with Gasteiger partial charge in [0.25, 0.3) is 11.8 Å². The number of carbonyl (C=O) groups is 2. The molecule has 0 aliphatic carbocycles. The van der Waals surface area contributed by atoms with Gasteiger partial charge < -0.3 is 9.15 Å². The lowest BCUT2D eigenvalue weighted by Crippen LogP contribution is -2.29. The number of hydrogen-bond acceptors (Lipinski definition) is 6. The lowest BCUT2D eigenvalue weighted by Gasteiger charge is -2.14. The number of nitrogens with zero attached hydrogens (tertiary/aromatic N) is 2. The quantitative estimate of drug-likeness (QED) is 0.378. The monoisotopic (exact) mass is 440 g/mol. The number of benzene rings is 3. The lowest BCUT2D eigenvalue weighted by atomic mass is 10.1. The number of hydroxylamine groups is 2. The van der Waals surface area contributed by atoms with E-state index in [0.29, 0.717) is 34.2 Å². The Balaban J connectivity index is 1.22. The van der Waals surface area contributed by atoms with Gasteiger partial charge in [0.05, 0.1) is 11.1 Å². The van der Waals surface area contributed by atoms with Crippen LogP contribution in [-0.4, -0.2) is 21.9 Å². The largest absolute Gasteiger partial charge is 0.487 e. The molecule has 5 rings (SSSR count). The van der Waals surface area contributed by atoms with Crippen LogP contribution >= 0.6 is 0 Å². The van der Waals surface area contributed by atoms with Crippen molar-refractivity contribution in [1.82, 2.24) is 10.0 Å². The molecule has 0 fully saturated rings. The third-order valence-electron chi connectivity index (χ3n) is 5.30. The Kier molecular flexibility index (Phi) is 5.46. The van der Waals surface area contributed by atoms with E-state index in [1.54, 1.807) is 30.3 Å². The molecule has 7 nitrogen and oxygen atoms in total. The predicted octanol–water partition coefficient (Wildman–Crippen LogP) is 4.96. The van der Waals surface area contributed by atoms with E-state index < -0.39 is 11.8 Å². The highest BCUT2D eigenvalue weighted by Gasteiger charge is 2.36. The summed E-state index contributed by atoms with van der Waals surface area (Å²) < 4.78 is 11.7. The third-order valence-corrected chi connectivity index (χ3v) is 5.30. The van der Waals surface area contributed by atoms with Crippen molar-refractivity contribution in [3.8, 4) is 17.2 Å². The maximum absolute atomic E-state index is 12.4. The molecule has 0 saturated carbocycles. The molecule has 4 aromatic rings. The molecule has 0 atom stereocenters. The van der Waals surface area contributed by atoms with Crippen LogP contribution in [0, 0.1) is 6.92 Å². The molecule has 1 aromatic heterocycles. The average Bonchev–Trinajstić information content (AvgIpc) is 3.34. The van der Waals surface area contributed by atoms with Crippen molar-refractivity contribution in [2.24, 2.45) is 0 Å². The van der Waals surface area contributed by atoms with Gasteiger partial charge in [-0.1, -0.05) is 42.5 Å². The number of aryl methyl sites for hydroxylation is 1. The van der Waals surface area contributed by atoms with Crippen LogP contribution in [0.3, 0.4) is 0 Å². The molecular formula is C26H20N2O5. The van der Waals surface area contributed by atoms with E-state index in [9.17, 15) is 9.59 Å². The Morgan fingerprint density at radius 1 is 0.848 bits per heavy atom. The third kappa shape index (κ3) is 4.14. The van der Waals surface area contributed by atoms with Crippen molar-refractivity contribution in [1.29, 1.82) is 0 Å². The van der Waals surface area contributed by atoms with Gasteiger partial charge in [0.2, 0.25) is 5.89 Å². The maximum atomic E-state index is 12.4. The summed E-state index contributed by atoms with van der Waals surface area (Å²) in [7, 11) is 0. The molecule has 2 heterocycles. The molecule has 33 heavy (non-hydrogen) atoms. The van der Waals surface area contributed by atoms with Crippen molar-refractivity contribution in [3.05, 3.63) is 107 Å². The Bertz CT molecular complexity index is 1290. The van der Waals surface area contributed by atoms with Crippen LogP contribution in [0.25, 0.3) is 11.5 Å². The fourth-order valence-corrected chi connectivity index (χ4v) is 3.57. The molecule has 0 bridgehead atoms. The van der Waals surface area contributed by atoms with Crippen molar-refractivity contribution in [2.45, 2.75) is 20.1 Å². The number of rotatable bonds is 7. The van der Waals surface area contributed by atoms with Crippen molar-refractivity contribution >= 4 is 11.8 Å². The minimum atomic E-state index is -0.460. The first-order chi connectivity index (χ1) is 16.1. The lowest BCUT2D eigenvalue weighted by molar-refractivity contribution is -0.101. The van der Waals surface area contributed by atoms with Crippen LogP contribution in [0.15, 0.2) is 83.3 Å². The van der Waals surface area contributed by atoms with Gasteiger partial charge in [0, 0.05) is 5.56 Å².